The van der Waals surface area contributed by atoms with Crippen molar-refractivity contribution < 1.29 is 4.79 Å². The van der Waals surface area contributed by atoms with Gasteiger partial charge in [0.05, 0.1) is 0 Å². The van der Waals surface area contributed by atoms with Crippen molar-refractivity contribution in [3.63, 3.8) is 0 Å². The maximum atomic E-state index is 11.6. The Kier molecular flexibility index (Phi) is 4.15. The van der Waals surface area contributed by atoms with E-state index in [2.05, 4.69) is 15.5 Å². The van der Waals surface area contributed by atoms with Gasteiger partial charge in [0.1, 0.15) is 0 Å². The first kappa shape index (κ1) is 13.7. The van der Waals surface area contributed by atoms with E-state index >= 15 is 0 Å². The fraction of sp³-hybridized carbons (Fsp3) is 0.929. The van der Waals surface area contributed by atoms with Gasteiger partial charge >= 0.3 is 6.03 Å². The van der Waals surface area contributed by atoms with Crippen LogP contribution in [0.1, 0.15) is 46.5 Å². The maximum Gasteiger partial charge on any atom is 0.315 e. The van der Waals surface area contributed by atoms with Crippen molar-refractivity contribution in [1.29, 1.82) is 0 Å². The minimum Gasteiger partial charge on any atom is -0.337 e. The van der Waals surface area contributed by atoms with Crippen LogP contribution in [0.3, 0.4) is 0 Å². The predicted molar refractivity (Wildman–Crippen MR) is 73.6 cm³/mol. The molecule has 0 saturated heterocycles. The summed E-state index contributed by atoms with van der Waals surface area (Å²) in [7, 11) is 0. The van der Waals surface area contributed by atoms with Crippen molar-refractivity contribution in [1.82, 2.24) is 15.5 Å². The molecule has 2 rings (SSSR count). The van der Waals surface area contributed by atoms with Crippen LogP contribution in [0.25, 0.3) is 0 Å². The van der Waals surface area contributed by atoms with E-state index in [0.29, 0.717) is 0 Å². The Morgan fingerprint density at radius 3 is 2.39 bits per heavy atom. The third-order valence-electron chi connectivity index (χ3n) is 3.43. The molecule has 2 saturated carbocycles. The number of urea groups is 1. The van der Waals surface area contributed by atoms with Crippen LogP contribution in [-0.2, 0) is 0 Å². The Morgan fingerprint density at radius 2 is 1.89 bits per heavy atom. The largest absolute Gasteiger partial charge is 0.337 e. The third kappa shape index (κ3) is 5.25. The summed E-state index contributed by atoms with van der Waals surface area (Å²) >= 11 is 0. The van der Waals surface area contributed by atoms with E-state index in [1.165, 1.54) is 32.2 Å². The number of amides is 2. The van der Waals surface area contributed by atoms with Gasteiger partial charge in [0.2, 0.25) is 0 Å². The zero-order chi connectivity index (χ0) is 13.2. The Labute approximate surface area is 110 Å². The highest BCUT2D eigenvalue weighted by atomic mass is 16.2. The van der Waals surface area contributed by atoms with Gasteiger partial charge < -0.3 is 10.6 Å². The first-order valence-electron chi connectivity index (χ1n) is 7.24. The molecule has 0 unspecified atom stereocenters. The lowest BCUT2D eigenvalue weighted by Gasteiger charge is -2.24. The van der Waals surface area contributed by atoms with Crippen LogP contribution in [-0.4, -0.2) is 42.1 Å². The summed E-state index contributed by atoms with van der Waals surface area (Å²) in [5.74, 6) is 0.939. The van der Waals surface area contributed by atoms with Gasteiger partial charge in [0.25, 0.3) is 0 Å². The van der Waals surface area contributed by atoms with Crippen molar-refractivity contribution in [2.75, 3.05) is 19.6 Å². The number of hydrogen-bond acceptors (Lipinski definition) is 2. The molecule has 2 aliphatic carbocycles. The van der Waals surface area contributed by atoms with E-state index in [0.717, 1.165) is 25.0 Å². The SMILES string of the molecule is CC(C)(C)NC(=O)NCCN(CC1CC1)C1CC1. The topological polar surface area (TPSA) is 44.4 Å². The van der Waals surface area contributed by atoms with Gasteiger partial charge in [-0.3, -0.25) is 4.90 Å². The zero-order valence-electron chi connectivity index (χ0n) is 12.0. The average molecular weight is 253 g/mol. The fourth-order valence-corrected chi connectivity index (χ4v) is 2.19. The third-order valence-corrected chi connectivity index (χ3v) is 3.43. The molecule has 4 heteroatoms. The summed E-state index contributed by atoms with van der Waals surface area (Å²) < 4.78 is 0. The monoisotopic (exact) mass is 253 g/mol. The minimum atomic E-state index is -0.158. The summed E-state index contributed by atoms with van der Waals surface area (Å²) in [4.78, 5) is 14.2. The van der Waals surface area contributed by atoms with Crippen LogP contribution in [0.2, 0.25) is 0 Å². The van der Waals surface area contributed by atoms with Gasteiger partial charge in [-0.25, -0.2) is 4.79 Å². The molecule has 4 nitrogen and oxygen atoms in total. The van der Waals surface area contributed by atoms with Crippen molar-refractivity contribution >= 4 is 6.03 Å². The van der Waals surface area contributed by atoms with E-state index < -0.39 is 0 Å². The number of hydrogen-bond donors (Lipinski definition) is 2. The highest BCUT2D eigenvalue weighted by molar-refractivity contribution is 5.74. The molecule has 2 amide bonds. The first-order chi connectivity index (χ1) is 8.44. The lowest BCUT2D eigenvalue weighted by Crippen LogP contribution is -2.48. The maximum absolute atomic E-state index is 11.6. The minimum absolute atomic E-state index is 0.0512. The lowest BCUT2D eigenvalue weighted by molar-refractivity contribution is 0.223. The van der Waals surface area contributed by atoms with E-state index in [-0.39, 0.29) is 11.6 Å². The van der Waals surface area contributed by atoms with E-state index in [1.807, 2.05) is 20.8 Å². The Hall–Kier alpha value is -0.770. The molecule has 0 aromatic carbocycles. The van der Waals surface area contributed by atoms with Gasteiger partial charge in [-0.1, -0.05) is 0 Å². The summed E-state index contributed by atoms with van der Waals surface area (Å²) in [6.45, 7) is 8.99. The van der Waals surface area contributed by atoms with Crippen LogP contribution in [0.15, 0.2) is 0 Å². The summed E-state index contributed by atoms with van der Waals surface area (Å²) in [6.07, 6.45) is 5.50. The fourth-order valence-electron chi connectivity index (χ4n) is 2.19. The molecule has 0 bridgehead atoms. The van der Waals surface area contributed by atoms with Crippen LogP contribution >= 0.6 is 0 Å². The quantitative estimate of drug-likeness (QED) is 0.760. The standard InChI is InChI=1S/C14H27N3O/c1-14(2,3)16-13(18)15-8-9-17(12-6-7-12)10-11-4-5-11/h11-12H,4-10H2,1-3H3,(H2,15,16,18). The van der Waals surface area contributed by atoms with E-state index in [1.54, 1.807) is 0 Å². The van der Waals surface area contributed by atoms with Crippen LogP contribution in [0.5, 0.6) is 0 Å². The van der Waals surface area contributed by atoms with Crippen molar-refractivity contribution in [2.24, 2.45) is 5.92 Å². The Morgan fingerprint density at radius 1 is 1.22 bits per heavy atom. The van der Waals surface area contributed by atoms with Gasteiger partial charge in [-0.05, 0) is 52.4 Å². The number of carbonyl (C=O) groups is 1. The van der Waals surface area contributed by atoms with E-state index in [9.17, 15) is 4.79 Å². The highest BCUT2D eigenvalue weighted by Crippen LogP contribution is 2.34. The van der Waals surface area contributed by atoms with Crippen molar-refractivity contribution in [3.05, 3.63) is 0 Å². The van der Waals surface area contributed by atoms with Crippen LogP contribution in [0.4, 0.5) is 4.79 Å². The molecule has 2 N–H and O–H groups in total. The van der Waals surface area contributed by atoms with Gasteiger partial charge in [0, 0.05) is 31.2 Å². The second-order valence-electron chi connectivity index (χ2n) is 6.80. The Balaban J connectivity index is 1.61. The lowest BCUT2D eigenvalue weighted by atomic mass is 10.1. The smallest absolute Gasteiger partial charge is 0.315 e. The summed E-state index contributed by atoms with van der Waals surface area (Å²) in [6, 6.07) is 0.753. The molecule has 0 radical (unpaired) electrons. The number of rotatable bonds is 6. The number of nitrogens with one attached hydrogen (secondary N) is 2. The van der Waals surface area contributed by atoms with E-state index in [4.69, 9.17) is 0 Å². The second-order valence-corrected chi connectivity index (χ2v) is 6.80. The molecular formula is C14H27N3O. The molecule has 0 atom stereocenters. The normalized spacial score (nSPS) is 20.0. The first-order valence-corrected chi connectivity index (χ1v) is 7.24. The van der Waals surface area contributed by atoms with Crippen LogP contribution < -0.4 is 10.6 Å². The van der Waals surface area contributed by atoms with Gasteiger partial charge in [-0.2, -0.15) is 0 Å². The molecular weight excluding hydrogens is 226 g/mol. The van der Waals surface area contributed by atoms with Gasteiger partial charge in [-0.15, -0.1) is 0 Å². The average Bonchev–Trinajstić information content (AvgIpc) is 3.09. The molecule has 18 heavy (non-hydrogen) atoms. The molecule has 2 fully saturated rings. The van der Waals surface area contributed by atoms with Crippen molar-refractivity contribution in [3.8, 4) is 0 Å². The Bertz CT molecular complexity index is 290. The second kappa shape index (κ2) is 5.47. The zero-order valence-corrected chi connectivity index (χ0v) is 12.0. The predicted octanol–water partition coefficient (Wildman–Crippen LogP) is 1.96. The number of nitrogens with zero attached hydrogens (tertiary/aromatic N) is 1. The molecule has 104 valence electrons. The summed E-state index contributed by atoms with van der Waals surface area (Å²) in [5.41, 5.74) is -0.158. The molecule has 0 aromatic heterocycles. The molecule has 0 spiro atoms. The molecule has 0 aromatic rings. The number of carbonyl (C=O) groups excluding carboxylic acids is 1. The molecule has 0 heterocycles. The van der Waals surface area contributed by atoms with Gasteiger partial charge in [0.15, 0.2) is 0 Å². The molecule has 0 aliphatic heterocycles. The highest BCUT2D eigenvalue weighted by Gasteiger charge is 2.33. The molecule has 2 aliphatic rings. The van der Waals surface area contributed by atoms with Crippen LogP contribution in [0, 0.1) is 5.92 Å². The van der Waals surface area contributed by atoms with Crippen molar-refractivity contribution in [2.45, 2.75) is 58.0 Å². The summed E-state index contributed by atoms with van der Waals surface area (Å²) in [5, 5.41) is 5.88.